The molecule has 0 radical (unpaired) electrons. The number of nitrogens with zero attached hydrogens (tertiary/aromatic N) is 2. The normalized spacial score (nSPS) is 18.6. The van der Waals surface area contributed by atoms with Crippen LogP contribution in [0.5, 0.6) is 11.5 Å². The lowest BCUT2D eigenvalue weighted by Crippen LogP contribution is -2.41. The van der Waals surface area contributed by atoms with Gasteiger partial charge in [0.1, 0.15) is 11.0 Å². The molecule has 7 nitrogen and oxygen atoms in total. The average molecular weight is 360 g/mol. The summed E-state index contributed by atoms with van der Waals surface area (Å²) in [6, 6.07) is 4.90. The molecule has 3 heterocycles. The zero-order valence-electron chi connectivity index (χ0n) is 13.3. The third-order valence-corrected chi connectivity index (χ3v) is 5.30. The van der Waals surface area contributed by atoms with Crippen molar-refractivity contribution < 1.29 is 24.2 Å². The number of fused-ring (bicyclic) bond motifs is 1. The predicted octanol–water partition coefficient (Wildman–Crippen LogP) is 2.16. The van der Waals surface area contributed by atoms with Gasteiger partial charge in [0.05, 0.1) is 12.1 Å². The van der Waals surface area contributed by atoms with Gasteiger partial charge in [0.25, 0.3) is 0 Å². The topological polar surface area (TPSA) is 89.0 Å². The van der Waals surface area contributed by atoms with Crippen LogP contribution in [0.2, 0.25) is 0 Å². The third-order valence-electron chi connectivity index (χ3n) is 4.36. The Kier molecular flexibility index (Phi) is 4.04. The molecular weight excluding hydrogens is 344 g/mol. The first-order valence-corrected chi connectivity index (χ1v) is 8.86. The van der Waals surface area contributed by atoms with Crippen molar-refractivity contribution in [3.8, 4) is 22.1 Å². The molecule has 1 fully saturated rings. The Morgan fingerprint density at radius 3 is 3.00 bits per heavy atom. The summed E-state index contributed by atoms with van der Waals surface area (Å²) in [5.74, 6) is 0.272. The number of amides is 1. The van der Waals surface area contributed by atoms with Gasteiger partial charge in [-0.05, 0) is 31.0 Å². The predicted molar refractivity (Wildman–Crippen MR) is 89.7 cm³/mol. The summed E-state index contributed by atoms with van der Waals surface area (Å²) in [6.45, 7) is 0.714. The van der Waals surface area contributed by atoms with E-state index in [9.17, 15) is 14.7 Å². The van der Waals surface area contributed by atoms with E-state index in [2.05, 4.69) is 4.98 Å². The average Bonchev–Trinajstić information content (AvgIpc) is 3.33. The Bertz CT molecular complexity index is 834. The van der Waals surface area contributed by atoms with E-state index in [0.29, 0.717) is 30.2 Å². The molecule has 0 bridgehead atoms. The molecule has 1 unspecified atom stereocenters. The molecule has 130 valence electrons. The second-order valence-corrected chi connectivity index (χ2v) is 6.83. The lowest BCUT2D eigenvalue weighted by Gasteiger charge is -2.20. The number of likely N-dealkylation sites (tertiary alicyclic amines) is 1. The van der Waals surface area contributed by atoms with Gasteiger partial charge in [0.15, 0.2) is 11.5 Å². The summed E-state index contributed by atoms with van der Waals surface area (Å²) in [7, 11) is 0. The van der Waals surface area contributed by atoms with Crippen molar-refractivity contribution in [2.75, 3.05) is 13.3 Å². The quantitative estimate of drug-likeness (QED) is 0.899. The summed E-state index contributed by atoms with van der Waals surface area (Å²) in [5, 5.41) is 11.8. The minimum Gasteiger partial charge on any atom is -0.480 e. The Morgan fingerprint density at radius 1 is 1.32 bits per heavy atom. The van der Waals surface area contributed by atoms with Crippen molar-refractivity contribution in [1.82, 2.24) is 9.88 Å². The maximum atomic E-state index is 12.4. The number of benzene rings is 1. The zero-order valence-corrected chi connectivity index (χ0v) is 14.1. The van der Waals surface area contributed by atoms with E-state index in [4.69, 9.17) is 9.47 Å². The van der Waals surface area contributed by atoms with Gasteiger partial charge in [-0.1, -0.05) is 0 Å². The molecule has 1 saturated heterocycles. The van der Waals surface area contributed by atoms with Gasteiger partial charge in [0, 0.05) is 17.5 Å². The van der Waals surface area contributed by atoms with E-state index in [0.717, 1.165) is 17.0 Å². The molecule has 0 spiro atoms. The number of carbonyl (C=O) groups is 2. The molecule has 1 amide bonds. The second-order valence-electron chi connectivity index (χ2n) is 5.97. The summed E-state index contributed by atoms with van der Waals surface area (Å²) >= 11 is 1.45. The molecule has 1 aromatic carbocycles. The maximum absolute atomic E-state index is 12.4. The van der Waals surface area contributed by atoms with Gasteiger partial charge < -0.3 is 19.5 Å². The lowest BCUT2D eigenvalue weighted by molar-refractivity contribution is -0.148. The number of hydrogen-bond donors (Lipinski definition) is 1. The number of hydrogen-bond acceptors (Lipinski definition) is 6. The van der Waals surface area contributed by atoms with Gasteiger partial charge in [0.2, 0.25) is 12.7 Å². The van der Waals surface area contributed by atoms with Gasteiger partial charge in [-0.2, -0.15) is 0 Å². The molecule has 8 heteroatoms. The molecule has 2 aromatic rings. The molecule has 1 N–H and O–H groups in total. The van der Waals surface area contributed by atoms with Crippen molar-refractivity contribution in [1.29, 1.82) is 0 Å². The molecule has 1 aromatic heterocycles. The number of aromatic nitrogens is 1. The van der Waals surface area contributed by atoms with Crippen LogP contribution in [0.1, 0.15) is 18.5 Å². The maximum Gasteiger partial charge on any atom is 0.326 e. The zero-order chi connectivity index (χ0) is 17.4. The SMILES string of the molecule is O=C(O)C1CCCN1C(=O)Cc1csc(-c2ccc3c(c2)OCO3)n1. The Morgan fingerprint density at radius 2 is 2.16 bits per heavy atom. The number of aliphatic carboxylic acids is 1. The molecule has 2 aliphatic rings. The number of carboxylic acids is 1. The van der Waals surface area contributed by atoms with Crippen LogP contribution >= 0.6 is 11.3 Å². The molecule has 0 saturated carbocycles. The highest BCUT2D eigenvalue weighted by Crippen LogP contribution is 2.36. The summed E-state index contributed by atoms with van der Waals surface area (Å²) < 4.78 is 10.7. The highest BCUT2D eigenvalue weighted by molar-refractivity contribution is 7.13. The molecular formula is C17H16N2O5S. The van der Waals surface area contributed by atoms with E-state index >= 15 is 0 Å². The third kappa shape index (κ3) is 3.05. The Labute approximate surface area is 147 Å². The van der Waals surface area contributed by atoms with Gasteiger partial charge in [-0.25, -0.2) is 9.78 Å². The fourth-order valence-corrected chi connectivity index (χ4v) is 3.95. The van der Waals surface area contributed by atoms with Crippen LogP contribution < -0.4 is 9.47 Å². The largest absolute Gasteiger partial charge is 0.480 e. The summed E-state index contributed by atoms with van der Waals surface area (Å²) in [6.07, 6.45) is 1.35. The molecule has 25 heavy (non-hydrogen) atoms. The van der Waals surface area contributed by atoms with Crippen molar-refractivity contribution in [2.24, 2.45) is 0 Å². The Balaban J connectivity index is 1.48. The molecule has 4 rings (SSSR count). The van der Waals surface area contributed by atoms with E-state index < -0.39 is 12.0 Å². The highest BCUT2D eigenvalue weighted by atomic mass is 32.1. The van der Waals surface area contributed by atoms with Crippen LogP contribution in [0.25, 0.3) is 10.6 Å². The highest BCUT2D eigenvalue weighted by Gasteiger charge is 2.33. The molecule has 1 atom stereocenters. The van der Waals surface area contributed by atoms with Crippen LogP contribution in [0.15, 0.2) is 23.6 Å². The van der Waals surface area contributed by atoms with Crippen LogP contribution in [0.3, 0.4) is 0 Å². The van der Waals surface area contributed by atoms with Crippen molar-refractivity contribution in [3.05, 3.63) is 29.3 Å². The fourth-order valence-electron chi connectivity index (χ4n) is 3.13. The van der Waals surface area contributed by atoms with Crippen LogP contribution in [-0.2, 0) is 16.0 Å². The van der Waals surface area contributed by atoms with Gasteiger partial charge in [-0.3, -0.25) is 4.79 Å². The minimum absolute atomic E-state index is 0.116. The second kappa shape index (κ2) is 6.36. The van der Waals surface area contributed by atoms with E-state index in [1.165, 1.54) is 16.2 Å². The van der Waals surface area contributed by atoms with Crippen molar-refractivity contribution >= 4 is 23.2 Å². The number of ether oxygens (including phenoxy) is 2. The van der Waals surface area contributed by atoms with E-state index in [-0.39, 0.29) is 19.1 Å². The lowest BCUT2D eigenvalue weighted by atomic mass is 10.2. The standard InChI is InChI=1S/C17H16N2O5S/c20-15(19-5-1-2-12(19)17(21)22)7-11-8-25-16(18-11)10-3-4-13-14(6-10)24-9-23-13/h3-4,6,8,12H,1-2,5,7,9H2,(H,21,22). The smallest absolute Gasteiger partial charge is 0.326 e. The Hall–Kier alpha value is -2.61. The first kappa shape index (κ1) is 15.9. The van der Waals surface area contributed by atoms with Crippen LogP contribution in [0.4, 0.5) is 0 Å². The van der Waals surface area contributed by atoms with Crippen molar-refractivity contribution in [3.63, 3.8) is 0 Å². The molecule has 0 aliphatic carbocycles. The van der Waals surface area contributed by atoms with Crippen molar-refractivity contribution in [2.45, 2.75) is 25.3 Å². The number of rotatable bonds is 4. The van der Waals surface area contributed by atoms with Crippen LogP contribution in [0, 0.1) is 0 Å². The van der Waals surface area contributed by atoms with E-state index in [1.807, 2.05) is 23.6 Å². The summed E-state index contributed by atoms with van der Waals surface area (Å²) in [5.41, 5.74) is 1.55. The van der Waals surface area contributed by atoms with Gasteiger partial charge in [-0.15, -0.1) is 11.3 Å². The van der Waals surface area contributed by atoms with Gasteiger partial charge >= 0.3 is 5.97 Å². The minimum atomic E-state index is -0.940. The number of thiazole rings is 1. The first-order chi connectivity index (χ1) is 12.1. The first-order valence-electron chi connectivity index (χ1n) is 7.98. The number of carboxylic acid groups (broad SMARTS) is 1. The van der Waals surface area contributed by atoms with E-state index in [1.54, 1.807) is 0 Å². The van der Waals surface area contributed by atoms with Crippen LogP contribution in [-0.4, -0.2) is 46.2 Å². The number of carbonyl (C=O) groups excluding carboxylic acids is 1. The fraction of sp³-hybridized carbons (Fsp3) is 0.353. The molecule has 2 aliphatic heterocycles. The monoisotopic (exact) mass is 360 g/mol. The summed E-state index contributed by atoms with van der Waals surface area (Å²) in [4.78, 5) is 29.6.